The average Bonchev–Trinajstić information content (AvgIpc) is 3.17. The number of aromatic amines is 1. The van der Waals surface area contributed by atoms with Crippen LogP contribution in [-0.2, 0) is 4.79 Å². The Morgan fingerprint density at radius 2 is 1.86 bits per heavy atom. The molecule has 0 unspecified atom stereocenters. The Bertz CT molecular complexity index is 1110. The summed E-state index contributed by atoms with van der Waals surface area (Å²) in [6.07, 6.45) is 3.27. The molecule has 0 spiro atoms. The molecule has 4 rings (SSSR count). The maximum Gasteiger partial charge on any atom is 0.248 e. The van der Waals surface area contributed by atoms with Gasteiger partial charge in [0.05, 0.1) is 18.1 Å². The Hall–Kier alpha value is -3.86. The molecule has 0 saturated heterocycles. The molecule has 138 valence electrons. The highest BCUT2D eigenvalue weighted by Crippen LogP contribution is 2.23. The summed E-state index contributed by atoms with van der Waals surface area (Å²) in [4.78, 5) is 20.2. The standard InChI is InChI=1S/C23H19N3O2/c1-28-19-12-9-16(10-13-19)11-14-22(27)24-18-6-4-5-17(15-18)23-25-20-7-2-3-8-21(20)26-23/h2-15H,1H3,(H,24,27)(H,25,26)/b14-11-. The van der Waals surface area contributed by atoms with Crippen LogP contribution in [0.25, 0.3) is 28.5 Å². The first-order valence-electron chi connectivity index (χ1n) is 8.89. The number of rotatable bonds is 5. The molecule has 1 amide bonds. The molecule has 0 aliphatic rings. The summed E-state index contributed by atoms with van der Waals surface area (Å²) >= 11 is 0. The molecule has 3 aromatic carbocycles. The lowest BCUT2D eigenvalue weighted by Crippen LogP contribution is -2.07. The predicted molar refractivity (Wildman–Crippen MR) is 112 cm³/mol. The second-order valence-electron chi connectivity index (χ2n) is 6.28. The molecule has 1 aromatic heterocycles. The lowest BCUT2D eigenvalue weighted by molar-refractivity contribution is -0.111. The average molecular weight is 369 g/mol. The van der Waals surface area contributed by atoms with Gasteiger partial charge in [0.15, 0.2) is 0 Å². The second kappa shape index (κ2) is 7.80. The number of hydrogen-bond donors (Lipinski definition) is 2. The number of hydrogen-bond acceptors (Lipinski definition) is 3. The van der Waals surface area contributed by atoms with Gasteiger partial charge in [0, 0.05) is 17.3 Å². The van der Waals surface area contributed by atoms with Crippen LogP contribution in [0.15, 0.2) is 78.9 Å². The molecule has 0 radical (unpaired) electrons. The third-order valence-electron chi connectivity index (χ3n) is 4.34. The Morgan fingerprint density at radius 3 is 2.64 bits per heavy atom. The number of carbonyl (C=O) groups is 1. The first-order chi connectivity index (χ1) is 13.7. The van der Waals surface area contributed by atoms with Crippen molar-refractivity contribution >= 4 is 28.7 Å². The van der Waals surface area contributed by atoms with Crippen LogP contribution in [0, 0.1) is 0 Å². The topological polar surface area (TPSA) is 67.0 Å². The first-order valence-corrected chi connectivity index (χ1v) is 8.89. The number of fused-ring (bicyclic) bond motifs is 1. The van der Waals surface area contributed by atoms with E-state index in [2.05, 4.69) is 15.3 Å². The van der Waals surface area contributed by atoms with E-state index in [0.29, 0.717) is 5.69 Å². The van der Waals surface area contributed by atoms with E-state index in [1.54, 1.807) is 13.2 Å². The Balaban J connectivity index is 1.48. The van der Waals surface area contributed by atoms with Crippen LogP contribution < -0.4 is 10.1 Å². The van der Waals surface area contributed by atoms with Crippen molar-refractivity contribution in [3.05, 3.63) is 84.4 Å². The minimum absolute atomic E-state index is 0.197. The molecule has 28 heavy (non-hydrogen) atoms. The minimum atomic E-state index is -0.197. The highest BCUT2D eigenvalue weighted by atomic mass is 16.5. The van der Waals surface area contributed by atoms with Crippen LogP contribution >= 0.6 is 0 Å². The quantitative estimate of drug-likeness (QED) is 0.492. The fraction of sp³-hybridized carbons (Fsp3) is 0.0435. The van der Waals surface area contributed by atoms with E-state index >= 15 is 0 Å². The molecular weight excluding hydrogens is 350 g/mol. The molecule has 4 aromatic rings. The molecule has 5 nitrogen and oxygen atoms in total. The number of aromatic nitrogens is 2. The van der Waals surface area contributed by atoms with Crippen molar-refractivity contribution in [2.24, 2.45) is 0 Å². The van der Waals surface area contributed by atoms with Gasteiger partial charge < -0.3 is 15.0 Å². The number of nitrogens with zero attached hydrogens (tertiary/aromatic N) is 1. The van der Waals surface area contributed by atoms with Crippen molar-refractivity contribution in [1.82, 2.24) is 9.97 Å². The molecule has 0 atom stereocenters. The van der Waals surface area contributed by atoms with E-state index in [-0.39, 0.29) is 5.91 Å². The van der Waals surface area contributed by atoms with E-state index in [4.69, 9.17) is 4.74 Å². The van der Waals surface area contributed by atoms with Crippen LogP contribution in [0.4, 0.5) is 5.69 Å². The van der Waals surface area contributed by atoms with Crippen molar-refractivity contribution in [1.29, 1.82) is 0 Å². The third kappa shape index (κ3) is 3.94. The van der Waals surface area contributed by atoms with Crippen LogP contribution in [-0.4, -0.2) is 23.0 Å². The van der Waals surface area contributed by atoms with Gasteiger partial charge in [0.2, 0.25) is 5.91 Å². The Labute approximate surface area is 162 Å². The maximum absolute atomic E-state index is 12.3. The molecule has 0 fully saturated rings. The molecule has 2 N–H and O–H groups in total. The largest absolute Gasteiger partial charge is 0.497 e. The van der Waals surface area contributed by atoms with Gasteiger partial charge in [-0.25, -0.2) is 4.98 Å². The lowest BCUT2D eigenvalue weighted by atomic mass is 10.2. The van der Waals surface area contributed by atoms with E-state index in [0.717, 1.165) is 33.7 Å². The number of amides is 1. The summed E-state index contributed by atoms with van der Waals surface area (Å²) in [5.41, 5.74) is 4.44. The Morgan fingerprint density at radius 1 is 1.04 bits per heavy atom. The van der Waals surface area contributed by atoms with Gasteiger partial charge in [-0.1, -0.05) is 36.4 Å². The second-order valence-corrected chi connectivity index (χ2v) is 6.28. The monoisotopic (exact) mass is 369 g/mol. The number of para-hydroxylation sites is 2. The summed E-state index contributed by atoms with van der Waals surface area (Å²) in [6.45, 7) is 0. The number of methoxy groups -OCH3 is 1. The third-order valence-corrected chi connectivity index (χ3v) is 4.34. The number of carbonyl (C=O) groups excluding carboxylic acids is 1. The summed E-state index contributed by atoms with van der Waals surface area (Å²) < 4.78 is 5.13. The summed E-state index contributed by atoms with van der Waals surface area (Å²) in [6, 6.07) is 23.0. The zero-order valence-corrected chi connectivity index (χ0v) is 15.3. The summed E-state index contributed by atoms with van der Waals surface area (Å²) in [5.74, 6) is 1.35. The SMILES string of the molecule is COc1ccc(/C=C\C(=O)Nc2cccc(-c3nc4ccccc4[nH]3)c2)cc1. The molecule has 0 aliphatic heterocycles. The fourth-order valence-electron chi connectivity index (χ4n) is 2.90. The number of anilines is 1. The van der Waals surface area contributed by atoms with Crippen LogP contribution in [0.1, 0.15) is 5.56 Å². The van der Waals surface area contributed by atoms with Gasteiger partial charge >= 0.3 is 0 Å². The highest BCUT2D eigenvalue weighted by molar-refractivity contribution is 6.02. The predicted octanol–water partition coefficient (Wildman–Crippen LogP) is 4.89. The molecule has 5 heteroatoms. The van der Waals surface area contributed by atoms with Crippen molar-refractivity contribution in [3.63, 3.8) is 0 Å². The summed E-state index contributed by atoms with van der Waals surface area (Å²) in [7, 11) is 1.62. The highest BCUT2D eigenvalue weighted by Gasteiger charge is 2.06. The molecule has 0 saturated carbocycles. The van der Waals surface area contributed by atoms with Crippen LogP contribution in [0.5, 0.6) is 5.75 Å². The van der Waals surface area contributed by atoms with Crippen molar-refractivity contribution in [3.8, 4) is 17.1 Å². The number of H-pyrrole nitrogens is 1. The normalized spacial score (nSPS) is 11.0. The zero-order chi connectivity index (χ0) is 19.3. The van der Waals surface area contributed by atoms with E-state index in [1.165, 1.54) is 6.08 Å². The molecule has 1 heterocycles. The lowest BCUT2D eigenvalue weighted by Gasteiger charge is -2.04. The van der Waals surface area contributed by atoms with Crippen molar-refractivity contribution in [2.75, 3.05) is 12.4 Å². The van der Waals surface area contributed by atoms with Crippen LogP contribution in [0.2, 0.25) is 0 Å². The molecular formula is C23H19N3O2. The van der Waals surface area contributed by atoms with Gasteiger partial charge in [0.1, 0.15) is 11.6 Å². The Kier molecular flexibility index (Phi) is 4.89. The summed E-state index contributed by atoms with van der Waals surface area (Å²) in [5, 5.41) is 2.89. The zero-order valence-electron chi connectivity index (χ0n) is 15.3. The number of benzene rings is 3. The van der Waals surface area contributed by atoms with Gasteiger partial charge in [-0.05, 0) is 48.0 Å². The minimum Gasteiger partial charge on any atom is -0.497 e. The van der Waals surface area contributed by atoms with Gasteiger partial charge in [-0.2, -0.15) is 0 Å². The van der Waals surface area contributed by atoms with Gasteiger partial charge in [-0.15, -0.1) is 0 Å². The van der Waals surface area contributed by atoms with Crippen molar-refractivity contribution < 1.29 is 9.53 Å². The fourth-order valence-corrected chi connectivity index (χ4v) is 2.90. The number of nitrogens with one attached hydrogen (secondary N) is 2. The first kappa shape index (κ1) is 17.5. The molecule has 0 bridgehead atoms. The maximum atomic E-state index is 12.3. The van der Waals surface area contributed by atoms with Crippen molar-refractivity contribution in [2.45, 2.75) is 0 Å². The van der Waals surface area contributed by atoms with E-state index < -0.39 is 0 Å². The van der Waals surface area contributed by atoms with E-state index in [9.17, 15) is 4.79 Å². The van der Waals surface area contributed by atoms with Crippen LogP contribution in [0.3, 0.4) is 0 Å². The van der Waals surface area contributed by atoms with Gasteiger partial charge in [-0.3, -0.25) is 4.79 Å². The number of ether oxygens (including phenoxy) is 1. The molecule has 0 aliphatic carbocycles. The number of imidazole rings is 1. The van der Waals surface area contributed by atoms with E-state index in [1.807, 2.05) is 72.8 Å². The smallest absolute Gasteiger partial charge is 0.248 e. The van der Waals surface area contributed by atoms with Gasteiger partial charge in [0.25, 0.3) is 0 Å².